The van der Waals surface area contributed by atoms with E-state index >= 15 is 4.39 Å². The highest BCUT2D eigenvalue weighted by Gasteiger charge is 2.62. The molecule has 2 saturated heterocycles. The summed E-state index contributed by atoms with van der Waals surface area (Å²) < 4.78 is 58.3. The molecule has 2 aromatic heterocycles. The van der Waals surface area contributed by atoms with Crippen molar-refractivity contribution in [3.63, 3.8) is 0 Å². The normalized spacial score (nSPS) is 37.0. The van der Waals surface area contributed by atoms with Gasteiger partial charge >= 0.3 is 7.82 Å². The molecule has 0 unspecified atom stereocenters. The zero-order valence-corrected chi connectivity index (χ0v) is 17.9. The van der Waals surface area contributed by atoms with Crippen LogP contribution in [0.4, 0.5) is 4.39 Å². The summed E-state index contributed by atoms with van der Waals surface area (Å²) in [5.74, 6) is 0.743. The fourth-order valence-electron chi connectivity index (χ4n) is 4.38. The average molecular weight is 442 g/mol. The maximum atomic E-state index is 16.0. The Hall–Kier alpha value is -1.65. The van der Waals surface area contributed by atoms with Gasteiger partial charge in [0.15, 0.2) is 23.1 Å². The van der Waals surface area contributed by atoms with Crippen LogP contribution < -0.4 is 4.74 Å². The molecule has 2 aromatic rings. The highest BCUT2D eigenvalue weighted by Crippen LogP contribution is 2.61. The number of hydrogen-bond donors (Lipinski definition) is 0. The van der Waals surface area contributed by atoms with E-state index in [4.69, 9.17) is 23.0 Å². The molecule has 0 N–H and O–H groups in total. The van der Waals surface area contributed by atoms with Crippen LogP contribution in [0.15, 0.2) is 6.33 Å². The number of aromatic nitrogens is 4. The predicted octanol–water partition coefficient (Wildman–Crippen LogP) is 3.25. The fraction of sp³-hybridized carbons (Fsp3) is 0.722. The van der Waals surface area contributed by atoms with E-state index in [2.05, 4.69) is 15.0 Å². The van der Waals surface area contributed by atoms with Crippen molar-refractivity contribution in [2.75, 3.05) is 13.7 Å². The summed E-state index contributed by atoms with van der Waals surface area (Å²) in [5, 5.41) is 0. The quantitative estimate of drug-likeness (QED) is 0.660. The maximum Gasteiger partial charge on any atom is 0.475 e. The van der Waals surface area contributed by atoms with E-state index in [0.717, 1.165) is 25.7 Å². The second-order valence-corrected chi connectivity index (χ2v) is 9.64. The summed E-state index contributed by atoms with van der Waals surface area (Å²) in [4.78, 5) is 12.8. The number of ether oxygens (including phenoxy) is 2. The van der Waals surface area contributed by atoms with Crippen LogP contribution in [0, 0.1) is 6.92 Å². The minimum absolute atomic E-state index is 0.0887. The number of halogens is 1. The van der Waals surface area contributed by atoms with Gasteiger partial charge in [0.2, 0.25) is 5.88 Å². The van der Waals surface area contributed by atoms with Crippen molar-refractivity contribution in [1.29, 1.82) is 0 Å². The van der Waals surface area contributed by atoms with Crippen molar-refractivity contribution in [2.45, 2.75) is 69.7 Å². The molecule has 0 aromatic carbocycles. The minimum Gasteiger partial charge on any atom is -0.479 e. The van der Waals surface area contributed by atoms with Crippen LogP contribution in [-0.2, 0) is 22.9 Å². The summed E-state index contributed by atoms with van der Waals surface area (Å²) in [6, 6.07) is 0. The summed E-state index contributed by atoms with van der Waals surface area (Å²) in [7, 11) is -2.40. The molecule has 2 aliphatic heterocycles. The molecule has 3 fully saturated rings. The monoisotopic (exact) mass is 442 g/mol. The van der Waals surface area contributed by atoms with Crippen molar-refractivity contribution in [2.24, 2.45) is 0 Å². The Labute approximate surface area is 172 Å². The van der Waals surface area contributed by atoms with Gasteiger partial charge in [-0.25, -0.2) is 18.9 Å². The standard InChI is InChI=1S/C18H24FN4O6P/c1-10-21-15-13(16(22-10)25-3)20-9-23(15)17-18(2,19)14-12(27-17)8-26-30(24,29-14)28-11-6-4-5-7-11/h9,11-12,14,17H,4-8H2,1-3H3/t12-,14-,17-,18-,30-/m1/s1. The van der Waals surface area contributed by atoms with Crippen LogP contribution >= 0.6 is 7.82 Å². The number of fused-ring (bicyclic) bond motifs is 2. The Morgan fingerprint density at radius 2 is 2.10 bits per heavy atom. The van der Waals surface area contributed by atoms with Crippen LogP contribution in [0.2, 0.25) is 0 Å². The first-order chi connectivity index (χ1) is 14.3. The molecule has 12 heteroatoms. The van der Waals surface area contributed by atoms with Gasteiger partial charge < -0.3 is 9.47 Å². The zero-order chi connectivity index (χ0) is 21.1. The molecule has 5 atom stereocenters. The van der Waals surface area contributed by atoms with Crippen LogP contribution in [0.5, 0.6) is 5.88 Å². The number of alkyl halides is 1. The Balaban J connectivity index is 1.45. The van der Waals surface area contributed by atoms with E-state index < -0.39 is 31.9 Å². The molecule has 10 nitrogen and oxygen atoms in total. The molecule has 0 amide bonds. The third kappa shape index (κ3) is 3.23. The zero-order valence-electron chi connectivity index (χ0n) is 17.0. The molecule has 30 heavy (non-hydrogen) atoms. The molecule has 1 saturated carbocycles. The molecule has 5 rings (SSSR count). The summed E-state index contributed by atoms with van der Waals surface area (Å²) in [6.45, 7) is 2.97. The lowest BCUT2D eigenvalue weighted by Crippen LogP contribution is -2.45. The second kappa shape index (κ2) is 7.20. The Kier molecular flexibility index (Phi) is 4.86. The average Bonchev–Trinajstić information content (AvgIpc) is 3.40. The molecule has 0 radical (unpaired) electrons. The molecule has 4 heterocycles. The number of rotatable bonds is 4. The lowest BCUT2D eigenvalue weighted by atomic mass is 9.98. The minimum atomic E-state index is -3.88. The summed E-state index contributed by atoms with van der Waals surface area (Å²) in [6.07, 6.45) is 1.84. The van der Waals surface area contributed by atoms with E-state index in [0.29, 0.717) is 22.9 Å². The second-order valence-electron chi connectivity index (χ2n) is 8.06. The van der Waals surface area contributed by atoms with Crippen LogP contribution in [-0.4, -0.2) is 57.2 Å². The number of methoxy groups -OCH3 is 1. The van der Waals surface area contributed by atoms with E-state index in [9.17, 15) is 4.57 Å². The molecular formula is C18H24FN4O6P. The van der Waals surface area contributed by atoms with Crippen molar-refractivity contribution in [3.8, 4) is 5.88 Å². The largest absolute Gasteiger partial charge is 0.479 e. The number of phosphoric ester groups is 1. The number of hydrogen-bond acceptors (Lipinski definition) is 9. The Morgan fingerprint density at radius 1 is 1.33 bits per heavy atom. The molecular weight excluding hydrogens is 418 g/mol. The number of imidazole rings is 1. The fourth-order valence-corrected chi connectivity index (χ4v) is 6.08. The van der Waals surface area contributed by atoms with E-state index in [1.54, 1.807) is 6.92 Å². The molecule has 3 aliphatic rings. The third-order valence-electron chi connectivity index (χ3n) is 5.85. The number of nitrogens with zero attached hydrogens (tertiary/aromatic N) is 4. The highest BCUT2D eigenvalue weighted by molar-refractivity contribution is 7.48. The van der Waals surface area contributed by atoms with Crippen molar-refractivity contribution in [3.05, 3.63) is 12.2 Å². The van der Waals surface area contributed by atoms with Gasteiger partial charge in [0.1, 0.15) is 18.0 Å². The van der Waals surface area contributed by atoms with Gasteiger partial charge in [-0.05, 0) is 26.7 Å². The summed E-state index contributed by atoms with van der Waals surface area (Å²) in [5.41, 5.74) is -1.27. The van der Waals surface area contributed by atoms with E-state index in [-0.39, 0.29) is 12.7 Å². The van der Waals surface area contributed by atoms with Gasteiger partial charge in [-0.1, -0.05) is 12.8 Å². The van der Waals surface area contributed by atoms with Crippen molar-refractivity contribution >= 4 is 19.0 Å². The van der Waals surface area contributed by atoms with Crippen LogP contribution in [0.25, 0.3) is 11.2 Å². The van der Waals surface area contributed by atoms with Gasteiger partial charge in [0, 0.05) is 0 Å². The van der Waals surface area contributed by atoms with E-state index in [1.807, 2.05) is 0 Å². The highest BCUT2D eigenvalue weighted by atomic mass is 31.2. The van der Waals surface area contributed by atoms with Crippen LogP contribution in [0.1, 0.15) is 44.7 Å². The van der Waals surface area contributed by atoms with Gasteiger partial charge in [-0.2, -0.15) is 4.98 Å². The van der Waals surface area contributed by atoms with Crippen molar-refractivity contribution < 1.29 is 32.0 Å². The van der Waals surface area contributed by atoms with Gasteiger partial charge in [-0.15, -0.1) is 0 Å². The number of phosphoric acid groups is 1. The first kappa shape index (κ1) is 20.3. The van der Waals surface area contributed by atoms with Crippen LogP contribution in [0.3, 0.4) is 0 Å². The summed E-state index contributed by atoms with van der Waals surface area (Å²) >= 11 is 0. The third-order valence-corrected chi connectivity index (χ3v) is 7.35. The lowest BCUT2D eigenvalue weighted by Gasteiger charge is -2.34. The number of aryl methyl sites for hydroxylation is 1. The SMILES string of the molecule is COc1nc(C)nc2c1ncn2[C@@H]1O[C@@H]2CO[P@](=O)(OC3CCCC3)O[C@H]2[C@@]1(C)F. The molecule has 0 spiro atoms. The first-order valence-corrected chi connectivity index (χ1v) is 11.5. The van der Waals surface area contributed by atoms with Crippen molar-refractivity contribution in [1.82, 2.24) is 19.5 Å². The topological polar surface area (TPSA) is 107 Å². The molecule has 164 valence electrons. The first-order valence-electron chi connectivity index (χ1n) is 10.0. The van der Waals surface area contributed by atoms with E-state index in [1.165, 1.54) is 24.9 Å². The van der Waals surface area contributed by atoms with Gasteiger partial charge in [-0.3, -0.25) is 18.1 Å². The predicted molar refractivity (Wildman–Crippen MR) is 102 cm³/mol. The Bertz CT molecular complexity index is 1010. The smallest absolute Gasteiger partial charge is 0.475 e. The van der Waals surface area contributed by atoms with Gasteiger partial charge in [0.05, 0.1) is 26.1 Å². The molecule has 0 bridgehead atoms. The van der Waals surface area contributed by atoms with Gasteiger partial charge in [0.25, 0.3) is 0 Å². The Morgan fingerprint density at radius 3 is 2.83 bits per heavy atom. The molecule has 1 aliphatic carbocycles. The maximum absolute atomic E-state index is 16.0. The lowest BCUT2D eigenvalue weighted by molar-refractivity contribution is -0.0745.